The number of nitrogens with two attached hydrogens (primary N) is 1. The summed E-state index contributed by atoms with van der Waals surface area (Å²) in [5.74, 6) is 0.781. The molecule has 2 atom stereocenters. The topological polar surface area (TPSA) is 43.8 Å². The zero-order valence-corrected chi connectivity index (χ0v) is 8.82. The molecule has 1 saturated carbocycles. The number of rotatable bonds is 2. The Morgan fingerprint density at radius 3 is 3.07 bits per heavy atom. The third-order valence-corrected chi connectivity index (χ3v) is 3.11. The maximum Gasteiger partial charge on any atom is 0.0521 e. The van der Waals surface area contributed by atoms with Crippen LogP contribution in [0, 0.1) is 5.92 Å². The molecule has 3 heteroatoms. The van der Waals surface area contributed by atoms with Crippen LogP contribution in [0.5, 0.6) is 0 Å². The van der Waals surface area contributed by atoms with Crippen LogP contribution in [-0.2, 0) is 13.5 Å². The van der Waals surface area contributed by atoms with Gasteiger partial charge in [0.1, 0.15) is 0 Å². The van der Waals surface area contributed by atoms with Gasteiger partial charge in [-0.3, -0.25) is 4.68 Å². The van der Waals surface area contributed by atoms with Crippen LogP contribution < -0.4 is 5.73 Å². The monoisotopic (exact) mass is 193 g/mol. The van der Waals surface area contributed by atoms with Gasteiger partial charge in [0.25, 0.3) is 0 Å². The number of nitrogens with zero attached hydrogens (tertiary/aromatic N) is 2. The fourth-order valence-electron chi connectivity index (χ4n) is 2.43. The molecule has 0 bridgehead atoms. The maximum absolute atomic E-state index is 5.96. The van der Waals surface area contributed by atoms with Gasteiger partial charge in [-0.2, -0.15) is 5.10 Å². The van der Waals surface area contributed by atoms with Gasteiger partial charge >= 0.3 is 0 Å². The van der Waals surface area contributed by atoms with Gasteiger partial charge in [-0.15, -0.1) is 0 Å². The Bertz CT molecular complexity index is 292. The van der Waals surface area contributed by atoms with E-state index in [1.807, 2.05) is 17.9 Å². The van der Waals surface area contributed by atoms with Crippen LogP contribution in [-0.4, -0.2) is 15.8 Å². The van der Waals surface area contributed by atoms with Crippen LogP contribution in [0.1, 0.15) is 31.2 Å². The Labute approximate surface area is 85.3 Å². The smallest absolute Gasteiger partial charge is 0.0521 e. The first kappa shape index (κ1) is 9.71. The second-order valence-electron chi connectivity index (χ2n) is 4.52. The molecule has 3 nitrogen and oxygen atoms in total. The third-order valence-electron chi connectivity index (χ3n) is 3.11. The van der Waals surface area contributed by atoms with Crippen LogP contribution in [0.25, 0.3) is 0 Å². The molecular formula is C11H19N3. The maximum atomic E-state index is 5.96. The highest BCUT2D eigenvalue weighted by atomic mass is 15.2. The Morgan fingerprint density at radius 2 is 2.43 bits per heavy atom. The minimum Gasteiger partial charge on any atom is -0.328 e. The van der Waals surface area contributed by atoms with Crippen molar-refractivity contribution in [2.45, 2.75) is 38.1 Å². The van der Waals surface area contributed by atoms with Crippen molar-refractivity contribution in [3.63, 3.8) is 0 Å². The number of aryl methyl sites for hydroxylation is 1. The normalized spacial score (nSPS) is 27.9. The van der Waals surface area contributed by atoms with Crippen molar-refractivity contribution in [2.75, 3.05) is 0 Å². The van der Waals surface area contributed by atoms with Crippen LogP contribution >= 0.6 is 0 Å². The lowest BCUT2D eigenvalue weighted by Gasteiger charge is -2.26. The van der Waals surface area contributed by atoms with E-state index in [9.17, 15) is 0 Å². The second-order valence-corrected chi connectivity index (χ2v) is 4.52. The van der Waals surface area contributed by atoms with Gasteiger partial charge in [0.05, 0.1) is 6.20 Å². The van der Waals surface area contributed by atoms with E-state index >= 15 is 0 Å². The zero-order chi connectivity index (χ0) is 9.97. The first-order chi connectivity index (χ1) is 6.74. The summed E-state index contributed by atoms with van der Waals surface area (Å²) in [5, 5.41) is 4.19. The molecule has 0 saturated heterocycles. The molecule has 1 aliphatic rings. The SMILES string of the molecule is Cn1cc(CC2CCCC(N)C2)cn1. The van der Waals surface area contributed by atoms with Crippen molar-refractivity contribution in [3.8, 4) is 0 Å². The van der Waals surface area contributed by atoms with Crippen LogP contribution in [0.4, 0.5) is 0 Å². The van der Waals surface area contributed by atoms with E-state index in [0.29, 0.717) is 6.04 Å². The van der Waals surface area contributed by atoms with Crippen LogP contribution in [0.3, 0.4) is 0 Å². The highest BCUT2D eigenvalue weighted by Gasteiger charge is 2.19. The highest BCUT2D eigenvalue weighted by Crippen LogP contribution is 2.26. The van der Waals surface area contributed by atoms with Gasteiger partial charge in [0, 0.05) is 19.3 Å². The first-order valence-corrected chi connectivity index (χ1v) is 5.47. The Kier molecular flexibility index (Phi) is 2.87. The molecule has 0 amide bonds. The molecular weight excluding hydrogens is 174 g/mol. The van der Waals surface area contributed by atoms with Gasteiger partial charge in [0.15, 0.2) is 0 Å². The van der Waals surface area contributed by atoms with E-state index in [0.717, 1.165) is 12.3 Å². The van der Waals surface area contributed by atoms with Crippen molar-refractivity contribution in [3.05, 3.63) is 18.0 Å². The predicted molar refractivity (Wildman–Crippen MR) is 56.8 cm³/mol. The summed E-state index contributed by atoms with van der Waals surface area (Å²) in [6, 6.07) is 0.436. The molecule has 1 aromatic heterocycles. The number of aromatic nitrogens is 2. The van der Waals surface area contributed by atoms with Gasteiger partial charge in [-0.05, 0) is 30.7 Å². The number of hydrogen-bond donors (Lipinski definition) is 1. The van der Waals surface area contributed by atoms with Crippen molar-refractivity contribution in [1.82, 2.24) is 9.78 Å². The summed E-state index contributed by atoms with van der Waals surface area (Å²) in [6.07, 6.45) is 10.3. The van der Waals surface area contributed by atoms with Gasteiger partial charge in [-0.25, -0.2) is 0 Å². The van der Waals surface area contributed by atoms with E-state index in [1.165, 1.54) is 31.2 Å². The Balaban J connectivity index is 1.90. The zero-order valence-electron chi connectivity index (χ0n) is 8.82. The predicted octanol–water partition coefficient (Wildman–Crippen LogP) is 1.48. The van der Waals surface area contributed by atoms with Crippen LogP contribution in [0.15, 0.2) is 12.4 Å². The van der Waals surface area contributed by atoms with E-state index < -0.39 is 0 Å². The van der Waals surface area contributed by atoms with E-state index in [4.69, 9.17) is 5.73 Å². The third kappa shape index (κ3) is 2.35. The summed E-state index contributed by atoms with van der Waals surface area (Å²) >= 11 is 0. The van der Waals surface area contributed by atoms with E-state index in [2.05, 4.69) is 11.3 Å². The van der Waals surface area contributed by atoms with Crippen molar-refractivity contribution in [2.24, 2.45) is 18.7 Å². The molecule has 1 heterocycles. The van der Waals surface area contributed by atoms with Gasteiger partial charge < -0.3 is 5.73 Å². The molecule has 1 fully saturated rings. The molecule has 1 aliphatic carbocycles. The molecule has 0 radical (unpaired) electrons. The molecule has 78 valence electrons. The fraction of sp³-hybridized carbons (Fsp3) is 0.727. The summed E-state index contributed by atoms with van der Waals surface area (Å²) in [5.41, 5.74) is 7.32. The van der Waals surface area contributed by atoms with Gasteiger partial charge in [-0.1, -0.05) is 12.8 Å². The van der Waals surface area contributed by atoms with Crippen molar-refractivity contribution < 1.29 is 0 Å². The standard InChI is InChI=1S/C11H19N3/c1-14-8-10(7-13-14)5-9-3-2-4-11(12)6-9/h7-9,11H,2-6,12H2,1H3. The average molecular weight is 193 g/mol. The molecule has 0 spiro atoms. The summed E-state index contributed by atoms with van der Waals surface area (Å²) in [6.45, 7) is 0. The second kappa shape index (κ2) is 4.13. The van der Waals surface area contributed by atoms with Crippen molar-refractivity contribution >= 4 is 0 Å². The first-order valence-electron chi connectivity index (χ1n) is 5.47. The quantitative estimate of drug-likeness (QED) is 0.773. The largest absolute Gasteiger partial charge is 0.328 e. The Hall–Kier alpha value is -0.830. The summed E-state index contributed by atoms with van der Waals surface area (Å²) in [4.78, 5) is 0. The summed E-state index contributed by atoms with van der Waals surface area (Å²) < 4.78 is 1.87. The molecule has 2 N–H and O–H groups in total. The molecule has 0 aliphatic heterocycles. The van der Waals surface area contributed by atoms with Crippen molar-refractivity contribution in [1.29, 1.82) is 0 Å². The summed E-state index contributed by atoms with van der Waals surface area (Å²) in [7, 11) is 1.97. The Morgan fingerprint density at radius 1 is 1.57 bits per heavy atom. The lowest BCUT2D eigenvalue weighted by molar-refractivity contribution is 0.321. The highest BCUT2D eigenvalue weighted by molar-refractivity contribution is 5.05. The van der Waals surface area contributed by atoms with Gasteiger partial charge in [0.2, 0.25) is 0 Å². The number of hydrogen-bond acceptors (Lipinski definition) is 2. The molecule has 2 rings (SSSR count). The molecule has 14 heavy (non-hydrogen) atoms. The molecule has 2 unspecified atom stereocenters. The molecule has 0 aromatic carbocycles. The molecule has 1 aromatic rings. The average Bonchev–Trinajstić information content (AvgIpc) is 2.51. The van der Waals surface area contributed by atoms with E-state index in [-0.39, 0.29) is 0 Å². The lowest BCUT2D eigenvalue weighted by Crippen LogP contribution is -2.28. The lowest BCUT2D eigenvalue weighted by atomic mass is 9.83. The minimum absolute atomic E-state index is 0.436. The van der Waals surface area contributed by atoms with Crippen LogP contribution in [0.2, 0.25) is 0 Å². The van der Waals surface area contributed by atoms with E-state index in [1.54, 1.807) is 0 Å². The minimum atomic E-state index is 0.436. The fourth-order valence-corrected chi connectivity index (χ4v) is 2.43.